The van der Waals surface area contributed by atoms with Crippen LogP contribution in [0.3, 0.4) is 0 Å². The highest BCUT2D eigenvalue weighted by atomic mass is 19.2. The maximum absolute atomic E-state index is 13.2. The van der Waals surface area contributed by atoms with Crippen molar-refractivity contribution < 1.29 is 27.6 Å². The fourth-order valence-electron chi connectivity index (χ4n) is 2.84. The summed E-state index contributed by atoms with van der Waals surface area (Å²) in [7, 11) is 0. The van der Waals surface area contributed by atoms with Gasteiger partial charge in [0.15, 0.2) is 17.5 Å². The molecule has 1 fully saturated rings. The highest BCUT2D eigenvalue weighted by Crippen LogP contribution is 2.18. The Morgan fingerprint density at radius 3 is 2.36 bits per heavy atom. The minimum absolute atomic E-state index is 0.154. The minimum atomic E-state index is -1.65. The molecule has 0 aliphatic carbocycles. The van der Waals surface area contributed by atoms with E-state index in [0.29, 0.717) is 18.6 Å². The van der Waals surface area contributed by atoms with Crippen LogP contribution in [0.2, 0.25) is 0 Å². The number of amides is 4. The molecular weight excluding hydrogens is 375 g/mol. The molecule has 2 aromatic carbocycles. The molecule has 0 unspecified atom stereocenters. The first-order chi connectivity index (χ1) is 13.3. The van der Waals surface area contributed by atoms with Crippen molar-refractivity contribution in [1.82, 2.24) is 10.2 Å². The van der Waals surface area contributed by atoms with E-state index in [0.717, 1.165) is 10.5 Å². The predicted octanol–water partition coefficient (Wildman–Crippen LogP) is 2.60. The Hall–Kier alpha value is -3.36. The lowest BCUT2D eigenvalue weighted by Crippen LogP contribution is -2.35. The van der Waals surface area contributed by atoms with E-state index in [9.17, 15) is 27.6 Å². The van der Waals surface area contributed by atoms with Gasteiger partial charge in [-0.25, -0.2) is 18.0 Å². The number of nitrogens with zero attached hydrogens (tertiary/aromatic N) is 1. The molecule has 2 aromatic rings. The number of carbonyl (C=O) groups excluding carboxylic acids is 3. The number of nitrogens with one attached hydrogen (secondary N) is 2. The summed E-state index contributed by atoms with van der Waals surface area (Å²) >= 11 is 0. The summed E-state index contributed by atoms with van der Waals surface area (Å²) in [5.74, 6) is -5.87. The molecule has 3 rings (SSSR count). The van der Waals surface area contributed by atoms with Crippen molar-refractivity contribution in [3.8, 4) is 0 Å². The summed E-state index contributed by atoms with van der Waals surface area (Å²) in [5.41, 5.74) is 0.656. The molecule has 0 saturated carbocycles. The Morgan fingerprint density at radius 1 is 1.07 bits per heavy atom. The summed E-state index contributed by atoms with van der Waals surface area (Å²) in [6, 6.07) is 8.82. The second kappa shape index (κ2) is 8.12. The van der Waals surface area contributed by atoms with Crippen LogP contribution in [0.25, 0.3) is 0 Å². The molecule has 0 radical (unpaired) electrons. The Kier molecular flexibility index (Phi) is 5.62. The highest BCUT2D eigenvalue weighted by Gasteiger charge is 2.38. The van der Waals surface area contributed by atoms with E-state index in [1.54, 1.807) is 0 Å². The molecule has 28 heavy (non-hydrogen) atoms. The second-order valence-electron chi connectivity index (χ2n) is 6.23. The summed E-state index contributed by atoms with van der Waals surface area (Å²) in [4.78, 5) is 37.4. The van der Waals surface area contributed by atoms with Gasteiger partial charge in [-0.2, -0.15) is 0 Å². The Bertz CT molecular complexity index is 898. The third-order valence-electron chi connectivity index (χ3n) is 4.23. The number of hydrogen-bond acceptors (Lipinski definition) is 3. The summed E-state index contributed by atoms with van der Waals surface area (Å²) in [6.07, 6.45) is 0.0417. The summed E-state index contributed by atoms with van der Waals surface area (Å²) < 4.78 is 39.3. The van der Waals surface area contributed by atoms with Gasteiger partial charge in [0.2, 0.25) is 5.91 Å². The van der Waals surface area contributed by atoms with Gasteiger partial charge >= 0.3 is 6.03 Å². The third kappa shape index (κ3) is 4.30. The second-order valence-corrected chi connectivity index (χ2v) is 6.23. The van der Waals surface area contributed by atoms with E-state index in [-0.39, 0.29) is 12.2 Å². The predicted molar refractivity (Wildman–Crippen MR) is 93.7 cm³/mol. The van der Waals surface area contributed by atoms with Gasteiger partial charge in [0, 0.05) is 24.4 Å². The van der Waals surface area contributed by atoms with E-state index in [1.807, 2.05) is 30.3 Å². The number of halogens is 3. The Labute approximate surface area is 158 Å². The number of urea groups is 1. The van der Waals surface area contributed by atoms with E-state index < -0.39 is 47.8 Å². The lowest BCUT2D eigenvalue weighted by Gasteiger charge is -2.13. The van der Waals surface area contributed by atoms with E-state index in [2.05, 4.69) is 10.6 Å². The molecule has 1 aliphatic heterocycles. The number of hydrogen-bond donors (Lipinski definition) is 2. The molecule has 1 saturated heterocycles. The number of anilines is 1. The van der Waals surface area contributed by atoms with Gasteiger partial charge in [-0.15, -0.1) is 0 Å². The van der Waals surface area contributed by atoms with Gasteiger partial charge in [-0.05, 0) is 12.0 Å². The van der Waals surface area contributed by atoms with Crippen LogP contribution >= 0.6 is 0 Å². The fraction of sp³-hybridized carbons (Fsp3) is 0.211. The van der Waals surface area contributed by atoms with Gasteiger partial charge in [0.25, 0.3) is 5.91 Å². The molecule has 1 atom stereocenters. The number of rotatable bonds is 6. The molecule has 1 heterocycles. The average molecular weight is 391 g/mol. The number of benzene rings is 2. The first-order valence-electron chi connectivity index (χ1n) is 8.45. The molecular formula is C19H16F3N3O3. The molecule has 0 aromatic heterocycles. The summed E-state index contributed by atoms with van der Waals surface area (Å²) in [6.45, 7) is 0.154. The fourth-order valence-corrected chi connectivity index (χ4v) is 2.84. The molecule has 0 spiro atoms. The smallest absolute Gasteiger partial charge is 0.324 e. The molecule has 0 bridgehead atoms. The van der Waals surface area contributed by atoms with Crippen LogP contribution in [-0.2, 0) is 16.0 Å². The minimum Gasteiger partial charge on any atom is -0.326 e. The molecule has 146 valence electrons. The van der Waals surface area contributed by atoms with Crippen LogP contribution in [0.5, 0.6) is 0 Å². The van der Waals surface area contributed by atoms with Crippen LogP contribution in [0, 0.1) is 17.5 Å². The van der Waals surface area contributed by atoms with Crippen molar-refractivity contribution in [1.29, 1.82) is 0 Å². The van der Waals surface area contributed by atoms with Crippen molar-refractivity contribution in [3.05, 3.63) is 65.5 Å². The van der Waals surface area contributed by atoms with Crippen LogP contribution < -0.4 is 10.6 Å². The molecule has 6 nitrogen and oxygen atoms in total. The van der Waals surface area contributed by atoms with Gasteiger partial charge in [-0.1, -0.05) is 30.3 Å². The van der Waals surface area contributed by atoms with Gasteiger partial charge in [0.05, 0.1) is 6.42 Å². The van der Waals surface area contributed by atoms with Gasteiger partial charge in [-0.3, -0.25) is 14.5 Å². The zero-order valence-corrected chi connectivity index (χ0v) is 14.5. The third-order valence-corrected chi connectivity index (χ3v) is 4.23. The molecule has 2 N–H and O–H groups in total. The van der Waals surface area contributed by atoms with Crippen LogP contribution in [0.4, 0.5) is 23.7 Å². The van der Waals surface area contributed by atoms with Crippen molar-refractivity contribution in [2.45, 2.75) is 18.9 Å². The standard InChI is InChI=1S/C19H16F3N3O3/c20-13-8-12(9-14(21)17(13)22)23-16(26)10-15-18(27)25(19(28)24-15)7-6-11-4-2-1-3-5-11/h1-5,8-9,15H,6-7,10H2,(H,23,26)(H,24,28)/t15-/m0/s1. The topological polar surface area (TPSA) is 78.5 Å². The maximum Gasteiger partial charge on any atom is 0.324 e. The van der Waals surface area contributed by atoms with Crippen molar-refractivity contribution >= 4 is 23.5 Å². The van der Waals surface area contributed by atoms with Crippen LogP contribution in [-0.4, -0.2) is 35.3 Å². The Morgan fingerprint density at radius 2 is 1.71 bits per heavy atom. The van der Waals surface area contributed by atoms with Crippen molar-refractivity contribution in [3.63, 3.8) is 0 Å². The molecule has 4 amide bonds. The van der Waals surface area contributed by atoms with E-state index >= 15 is 0 Å². The van der Waals surface area contributed by atoms with Crippen molar-refractivity contribution in [2.24, 2.45) is 0 Å². The quantitative estimate of drug-likeness (QED) is 0.587. The van der Waals surface area contributed by atoms with Crippen LogP contribution in [0.1, 0.15) is 12.0 Å². The zero-order valence-electron chi connectivity index (χ0n) is 14.5. The highest BCUT2D eigenvalue weighted by molar-refractivity contribution is 6.06. The lowest BCUT2D eigenvalue weighted by atomic mass is 10.1. The monoisotopic (exact) mass is 391 g/mol. The van der Waals surface area contributed by atoms with Gasteiger partial charge in [0.1, 0.15) is 6.04 Å². The lowest BCUT2D eigenvalue weighted by molar-refractivity contribution is -0.129. The largest absolute Gasteiger partial charge is 0.326 e. The van der Waals surface area contributed by atoms with E-state index in [1.165, 1.54) is 0 Å². The average Bonchev–Trinajstić information content (AvgIpc) is 2.91. The molecule has 9 heteroatoms. The molecule has 1 aliphatic rings. The van der Waals surface area contributed by atoms with E-state index in [4.69, 9.17) is 0 Å². The Balaban J connectivity index is 1.58. The summed E-state index contributed by atoms with van der Waals surface area (Å²) in [5, 5.41) is 4.59. The SMILES string of the molecule is O=C(C[C@@H]1NC(=O)N(CCc2ccccc2)C1=O)Nc1cc(F)c(F)c(F)c1. The van der Waals surface area contributed by atoms with Gasteiger partial charge < -0.3 is 10.6 Å². The first kappa shape index (κ1) is 19.4. The maximum atomic E-state index is 13.2. The van der Waals surface area contributed by atoms with Crippen molar-refractivity contribution in [2.75, 3.05) is 11.9 Å². The zero-order chi connectivity index (χ0) is 20.3. The number of imide groups is 1. The van der Waals surface area contributed by atoms with Crippen LogP contribution in [0.15, 0.2) is 42.5 Å². The number of carbonyl (C=O) groups is 3. The normalized spacial score (nSPS) is 16.2. The first-order valence-corrected chi connectivity index (χ1v) is 8.45.